The lowest BCUT2D eigenvalue weighted by Gasteiger charge is -2.21. The van der Waals surface area contributed by atoms with Crippen LogP contribution in [-0.4, -0.2) is 37.0 Å². The summed E-state index contributed by atoms with van der Waals surface area (Å²) < 4.78 is 0. The van der Waals surface area contributed by atoms with Crippen molar-refractivity contribution in [2.75, 3.05) is 13.1 Å². The van der Waals surface area contributed by atoms with Gasteiger partial charge < -0.3 is 22.1 Å². The van der Waals surface area contributed by atoms with Gasteiger partial charge in [-0.2, -0.15) is 0 Å². The Bertz CT molecular complexity index is 783. The molecule has 0 aliphatic rings. The number of amides is 2. The van der Waals surface area contributed by atoms with Crippen LogP contribution in [0.25, 0.3) is 0 Å². The van der Waals surface area contributed by atoms with Crippen molar-refractivity contribution in [1.29, 1.82) is 0 Å². The van der Waals surface area contributed by atoms with E-state index < -0.39 is 12.1 Å². The van der Waals surface area contributed by atoms with Crippen molar-refractivity contribution in [1.82, 2.24) is 10.6 Å². The second-order valence-corrected chi connectivity index (χ2v) is 8.21. The monoisotopic (exact) mass is 438 g/mol. The smallest absolute Gasteiger partial charge is 0.242 e. The van der Waals surface area contributed by atoms with Crippen LogP contribution in [0.2, 0.25) is 0 Å². The number of nitrogens with one attached hydrogen (secondary N) is 2. The minimum absolute atomic E-state index is 0.142. The molecule has 0 aromatic heterocycles. The van der Waals surface area contributed by atoms with Gasteiger partial charge in [0.25, 0.3) is 0 Å². The lowest BCUT2D eigenvalue weighted by molar-refractivity contribution is -0.129. The number of nitrogens with two attached hydrogens (primary N) is 2. The molecule has 0 unspecified atom stereocenters. The van der Waals surface area contributed by atoms with E-state index >= 15 is 0 Å². The fraction of sp³-hybridized carbons (Fsp3) is 0.462. The van der Waals surface area contributed by atoms with Crippen molar-refractivity contribution in [3.63, 3.8) is 0 Å². The van der Waals surface area contributed by atoms with Crippen molar-refractivity contribution in [2.24, 2.45) is 11.5 Å². The van der Waals surface area contributed by atoms with Gasteiger partial charge in [-0.1, -0.05) is 67.1 Å². The molecule has 2 atom stereocenters. The van der Waals surface area contributed by atoms with Gasteiger partial charge in [0, 0.05) is 6.54 Å². The third kappa shape index (κ3) is 10.1. The molecule has 2 rings (SSSR count). The molecule has 0 spiro atoms. The van der Waals surface area contributed by atoms with Gasteiger partial charge in [-0.15, -0.1) is 0 Å². The first kappa shape index (κ1) is 25.6. The van der Waals surface area contributed by atoms with E-state index in [-0.39, 0.29) is 11.8 Å². The summed E-state index contributed by atoms with van der Waals surface area (Å²) in [5.41, 5.74) is 14.0. The van der Waals surface area contributed by atoms with Crippen molar-refractivity contribution in [2.45, 2.75) is 63.5 Å². The number of hydrogen-bond donors (Lipinski definition) is 4. The molecule has 32 heavy (non-hydrogen) atoms. The zero-order chi connectivity index (χ0) is 23.0. The Morgan fingerprint density at radius 3 is 1.94 bits per heavy atom. The zero-order valence-electron chi connectivity index (χ0n) is 19.0. The predicted octanol–water partition coefficient (Wildman–Crippen LogP) is 2.70. The van der Waals surface area contributed by atoms with Crippen LogP contribution in [-0.2, 0) is 22.4 Å². The maximum Gasteiger partial charge on any atom is 0.242 e. The van der Waals surface area contributed by atoms with Crippen molar-refractivity contribution < 1.29 is 9.59 Å². The number of carbonyl (C=O) groups excluding carboxylic acids is 2. The van der Waals surface area contributed by atoms with E-state index in [9.17, 15) is 9.59 Å². The van der Waals surface area contributed by atoms with E-state index in [2.05, 4.69) is 34.9 Å². The molecule has 6 nitrogen and oxygen atoms in total. The van der Waals surface area contributed by atoms with E-state index in [1.54, 1.807) is 0 Å². The van der Waals surface area contributed by atoms with Gasteiger partial charge in [0.15, 0.2) is 0 Å². The second kappa shape index (κ2) is 15.2. The van der Waals surface area contributed by atoms with Crippen molar-refractivity contribution >= 4 is 11.8 Å². The van der Waals surface area contributed by atoms with E-state index in [4.69, 9.17) is 11.5 Å². The molecule has 0 heterocycles. The normalized spacial score (nSPS) is 12.7. The number of unbranched alkanes of at least 4 members (excludes halogenated alkanes) is 1. The molecule has 2 aromatic rings. The third-order valence-electron chi connectivity index (χ3n) is 5.52. The number of benzene rings is 2. The van der Waals surface area contributed by atoms with Gasteiger partial charge in [-0.05, 0) is 62.6 Å². The Morgan fingerprint density at radius 2 is 1.34 bits per heavy atom. The Balaban J connectivity index is 1.81. The summed E-state index contributed by atoms with van der Waals surface area (Å²) in [6.45, 7) is 1.06. The highest BCUT2D eigenvalue weighted by molar-refractivity contribution is 5.89. The predicted molar refractivity (Wildman–Crippen MR) is 130 cm³/mol. The third-order valence-corrected chi connectivity index (χ3v) is 5.52. The highest BCUT2D eigenvalue weighted by Crippen LogP contribution is 2.09. The molecule has 6 N–H and O–H groups in total. The maximum atomic E-state index is 12.8. The molecule has 2 aromatic carbocycles. The lowest BCUT2D eigenvalue weighted by atomic mass is 10.0. The minimum atomic E-state index is -0.642. The van der Waals surface area contributed by atoms with E-state index in [1.165, 1.54) is 11.1 Å². The number of carbonyl (C=O) groups is 2. The van der Waals surface area contributed by atoms with Crippen LogP contribution >= 0.6 is 0 Å². The number of rotatable bonds is 15. The molecule has 0 fully saturated rings. The lowest BCUT2D eigenvalue weighted by Crippen LogP contribution is -2.51. The molecule has 2 amide bonds. The van der Waals surface area contributed by atoms with Gasteiger partial charge in [0.2, 0.25) is 11.8 Å². The Hall–Kier alpha value is -2.70. The first-order valence-electron chi connectivity index (χ1n) is 11.7. The largest absolute Gasteiger partial charge is 0.354 e. The van der Waals surface area contributed by atoms with E-state index in [0.29, 0.717) is 32.4 Å². The molecular formula is C26H38N4O2. The number of hydrogen-bond acceptors (Lipinski definition) is 4. The fourth-order valence-electron chi connectivity index (χ4n) is 3.61. The van der Waals surface area contributed by atoms with Gasteiger partial charge >= 0.3 is 0 Å². The Labute approximate surface area is 192 Å². The highest BCUT2D eigenvalue weighted by atomic mass is 16.2. The van der Waals surface area contributed by atoms with Gasteiger partial charge in [-0.25, -0.2) is 0 Å². The summed E-state index contributed by atoms with van der Waals surface area (Å²) in [6, 6.07) is 19.3. The summed E-state index contributed by atoms with van der Waals surface area (Å²) >= 11 is 0. The van der Waals surface area contributed by atoms with Crippen LogP contribution in [0, 0.1) is 0 Å². The molecular weight excluding hydrogens is 400 g/mol. The standard InChI is InChI=1S/C26H38N4O2/c27-19-9-17-23(28)25(31)30-24(18-8-7-15-21-11-3-1-4-12-21)26(32)29-20-10-16-22-13-5-2-6-14-22/h1-6,11-14,23-24H,7-10,15-20,27-28H2,(H,29,32)(H,30,31)/t23-,24-/m0/s1. The topological polar surface area (TPSA) is 110 Å². The van der Waals surface area contributed by atoms with Gasteiger partial charge in [0.1, 0.15) is 6.04 Å². The van der Waals surface area contributed by atoms with E-state index in [0.717, 1.165) is 32.1 Å². The molecule has 174 valence electrons. The summed E-state index contributed by atoms with van der Waals surface area (Å²) in [5.74, 6) is -0.428. The molecule has 6 heteroatoms. The average Bonchev–Trinajstić information content (AvgIpc) is 2.83. The average molecular weight is 439 g/mol. The Morgan fingerprint density at radius 1 is 0.750 bits per heavy atom. The van der Waals surface area contributed by atoms with Crippen LogP contribution in [0.1, 0.15) is 49.7 Å². The first-order chi connectivity index (χ1) is 15.6. The summed E-state index contributed by atoms with van der Waals surface area (Å²) in [7, 11) is 0. The fourth-order valence-corrected chi connectivity index (χ4v) is 3.61. The van der Waals surface area contributed by atoms with Crippen LogP contribution in [0.5, 0.6) is 0 Å². The quantitative estimate of drug-likeness (QED) is 0.320. The molecule has 0 saturated heterocycles. The maximum absolute atomic E-state index is 12.8. The van der Waals surface area contributed by atoms with Crippen LogP contribution in [0.3, 0.4) is 0 Å². The van der Waals surface area contributed by atoms with Crippen LogP contribution in [0.4, 0.5) is 0 Å². The highest BCUT2D eigenvalue weighted by Gasteiger charge is 2.23. The first-order valence-corrected chi connectivity index (χ1v) is 11.7. The van der Waals surface area contributed by atoms with E-state index in [1.807, 2.05) is 36.4 Å². The summed E-state index contributed by atoms with van der Waals surface area (Å²) in [6.07, 6.45) is 6.29. The molecule has 0 aliphatic heterocycles. The Kier molecular flexibility index (Phi) is 12.1. The van der Waals surface area contributed by atoms with Crippen molar-refractivity contribution in [3.8, 4) is 0 Å². The summed E-state index contributed by atoms with van der Waals surface area (Å²) in [4.78, 5) is 25.3. The molecule has 0 bridgehead atoms. The van der Waals surface area contributed by atoms with Crippen LogP contribution < -0.4 is 22.1 Å². The minimum Gasteiger partial charge on any atom is -0.354 e. The molecule has 0 aliphatic carbocycles. The zero-order valence-corrected chi connectivity index (χ0v) is 19.0. The molecule has 0 saturated carbocycles. The van der Waals surface area contributed by atoms with Crippen LogP contribution in [0.15, 0.2) is 60.7 Å². The van der Waals surface area contributed by atoms with Gasteiger partial charge in [-0.3, -0.25) is 9.59 Å². The van der Waals surface area contributed by atoms with Gasteiger partial charge in [0.05, 0.1) is 6.04 Å². The second-order valence-electron chi connectivity index (χ2n) is 8.21. The number of aryl methyl sites for hydroxylation is 2. The SMILES string of the molecule is NCCC[C@H](N)C(=O)N[C@@H](CCCCc1ccccc1)C(=O)NCCCc1ccccc1. The molecule has 0 radical (unpaired) electrons. The van der Waals surface area contributed by atoms with Crippen molar-refractivity contribution in [3.05, 3.63) is 71.8 Å². The summed E-state index contributed by atoms with van der Waals surface area (Å²) in [5, 5.41) is 5.85.